The van der Waals surface area contributed by atoms with E-state index in [1.807, 2.05) is 19.2 Å². The summed E-state index contributed by atoms with van der Waals surface area (Å²) in [6, 6.07) is 8.11. The third-order valence-corrected chi connectivity index (χ3v) is 5.61. The number of aryl methyl sites for hydroxylation is 2. The lowest BCUT2D eigenvalue weighted by Gasteiger charge is -2.22. The van der Waals surface area contributed by atoms with Gasteiger partial charge in [-0.2, -0.15) is 5.10 Å². The molecule has 0 radical (unpaired) electrons. The van der Waals surface area contributed by atoms with Crippen molar-refractivity contribution in [2.45, 2.75) is 33.0 Å². The molecule has 1 aliphatic rings. The first-order chi connectivity index (χ1) is 15.0. The summed E-state index contributed by atoms with van der Waals surface area (Å²) in [4.78, 5) is 8.99. The van der Waals surface area contributed by atoms with E-state index in [2.05, 4.69) is 44.8 Å². The van der Waals surface area contributed by atoms with E-state index in [0.29, 0.717) is 18.1 Å². The maximum Gasteiger partial charge on any atom is 0.166 e. The van der Waals surface area contributed by atoms with Crippen LogP contribution in [-0.4, -0.2) is 31.0 Å². The number of imidazole rings is 1. The number of ether oxygens (including phenoxy) is 1. The predicted octanol–water partition coefficient (Wildman–Crippen LogP) is 4.17. The SMILES string of the molecule is Cc1ccc2c(c1)C(C)Oc1cc(cnc1N)-c1c(cnn1CCF)Cn1ccnc1-2. The zero-order valence-electron chi connectivity index (χ0n) is 17.4. The minimum Gasteiger partial charge on any atom is -0.482 e. The predicted molar refractivity (Wildman–Crippen MR) is 116 cm³/mol. The number of nitrogen functional groups attached to an aromatic ring is 1. The molecule has 31 heavy (non-hydrogen) atoms. The summed E-state index contributed by atoms with van der Waals surface area (Å²) < 4.78 is 23.2. The van der Waals surface area contributed by atoms with Crippen LogP contribution in [0.25, 0.3) is 22.6 Å². The molecule has 0 saturated heterocycles. The van der Waals surface area contributed by atoms with Crippen molar-refractivity contribution in [2.24, 2.45) is 0 Å². The van der Waals surface area contributed by atoms with Gasteiger partial charge in [-0.15, -0.1) is 0 Å². The molecule has 1 atom stereocenters. The Morgan fingerprint density at radius 1 is 1.23 bits per heavy atom. The van der Waals surface area contributed by atoms with Crippen molar-refractivity contribution in [3.8, 4) is 28.4 Å². The van der Waals surface area contributed by atoms with E-state index in [1.54, 1.807) is 23.3 Å². The normalized spacial score (nSPS) is 15.1. The molecule has 0 aliphatic carbocycles. The van der Waals surface area contributed by atoms with Crippen molar-refractivity contribution in [2.75, 3.05) is 12.4 Å². The summed E-state index contributed by atoms with van der Waals surface area (Å²) in [6.45, 7) is 4.23. The Hall–Kier alpha value is -3.68. The molecule has 1 aromatic carbocycles. The number of anilines is 1. The van der Waals surface area contributed by atoms with Gasteiger partial charge in [0.2, 0.25) is 0 Å². The number of nitrogens with two attached hydrogens (primary N) is 1. The Bertz CT molecular complexity index is 1260. The summed E-state index contributed by atoms with van der Waals surface area (Å²) in [6.07, 6.45) is 6.90. The number of aromatic nitrogens is 5. The summed E-state index contributed by atoms with van der Waals surface area (Å²) in [5, 5.41) is 4.43. The number of hydrogen-bond acceptors (Lipinski definition) is 5. The molecule has 8 heteroatoms. The van der Waals surface area contributed by atoms with Gasteiger partial charge in [0.15, 0.2) is 11.6 Å². The molecule has 4 heterocycles. The maximum atomic E-state index is 13.2. The number of alkyl halides is 1. The van der Waals surface area contributed by atoms with Gasteiger partial charge in [0.25, 0.3) is 0 Å². The average Bonchev–Trinajstić information content (AvgIpc) is 3.37. The fraction of sp³-hybridized carbons (Fsp3) is 0.261. The Morgan fingerprint density at radius 3 is 2.94 bits per heavy atom. The number of nitrogens with zero attached hydrogens (tertiary/aromatic N) is 5. The highest BCUT2D eigenvalue weighted by Gasteiger charge is 2.22. The van der Waals surface area contributed by atoms with Crippen LogP contribution < -0.4 is 10.5 Å². The van der Waals surface area contributed by atoms with Crippen molar-refractivity contribution in [3.63, 3.8) is 0 Å². The van der Waals surface area contributed by atoms with E-state index >= 15 is 0 Å². The zero-order chi connectivity index (χ0) is 21.5. The highest BCUT2D eigenvalue weighted by atomic mass is 19.1. The molecule has 0 amide bonds. The van der Waals surface area contributed by atoms with Gasteiger partial charge < -0.3 is 15.0 Å². The Kier molecular flexibility index (Phi) is 4.69. The second kappa shape index (κ2) is 7.54. The molecule has 4 aromatic rings. The van der Waals surface area contributed by atoms with Crippen LogP contribution in [-0.2, 0) is 13.1 Å². The highest BCUT2D eigenvalue weighted by molar-refractivity contribution is 5.68. The van der Waals surface area contributed by atoms with Crippen molar-refractivity contribution < 1.29 is 9.13 Å². The van der Waals surface area contributed by atoms with E-state index in [-0.39, 0.29) is 12.6 Å². The van der Waals surface area contributed by atoms with Crippen LogP contribution in [0.5, 0.6) is 5.75 Å². The van der Waals surface area contributed by atoms with Gasteiger partial charge in [0.1, 0.15) is 18.6 Å². The first kappa shape index (κ1) is 19.3. The van der Waals surface area contributed by atoms with Gasteiger partial charge in [-0.1, -0.05) is 23.8 Å². The van der Waals surface area contributed by atoms with Gasteiger partial charge in [-0.05, 0) is 19.9 Å². The van der Waals surface area contributed by atoms with Crippen molar-refractivity contribution in [1.29, 1.82) is 0 Å². The molecular formula is C23H23FN6O. The Labute approximate surface area is 179 Å². The third-order valence-electron chi connectivity index (χ3n) is 5.61. The molecule has 3 aromatic heterocycles. The molecule has 2 bridgehead atoms. The Morgan fingerprint density at radius 2 is 2.10 bits per heavy atom. The van der Waals surface area contributed by atoms with Crippen molar-refractivity contribution in [3.05, 3.63) is 65.7 Å². The van der Waals surface area contributed by atoms with Gasteiger partial charge >= 0.3 is 0 Å². The average molecular weight is 418 g/mol. The summed E-state index contributed by atoms with van der Waals surface area (Å²) >= 11 is 0. The lowest BCUT2D eigenvalue weighted by atomic mass is 9.99. The van der Waals surface area contributed by atoms with Crippen LogP contribution in [0.3, 0.4) is 0 Å². The first-order valence-corrected chi connectivity index (χ1v) is 10.2. The fourth-order valence-corrected chi connectivity index (χ4v) is 4.14. The number of hydrogen-bond donors (Lipinski definition) is 1. The number of pyridine rings is 1. The van der Waals surface area contributed by atoms with E-state index < -0.39 is 6.67 Å². The van der Waals surface area contributed by atoms with E-state index in [0.717, 1.165) is 39.3 Å². The quantitative estimate of drug-likeness (QED) is 0.528. The number of benzene rings is 1. The highest BCUT2D eigenvalue weighted by Crippen LogP contribution is 2.36. The van der Waals surface area contributed by atoms with Gasteiger partial charge in [-0.25, -0.2) is 14.4 Å². The smallest absolute Gasteiger partial charge is 0.166 e. The van der Waals surface area contributed by atoms with Gasteiger partial charge in [-0.3, -0.25) is 4.68 Å². The molecule has 0 fully saturated rings. The van der Waals surface area contributed by atoms with E-state index in [4.69, 9.17) is 10.5 Å². The number of fused-ring (bicyclic) bond motifs is 7. The standard InChI is InChI=1S/C23H23FN6O/c1-14-3-4-18-19(9-14)15(2)31-20-10-16(11-27-22(20)25)21-17(12-28-30(21)7-5-24)13-29-8-6-26-23(18)29/h3-4,6,8-12,15H,5,7,13H2,1-2H3,(H2,25,27). The van der Waals surface area contributed by atoms with Gasteiger partial charge in [0, 0.05) is 40.8 Å². The van der Waals surface area contributed by atoms with Crippen LogP contribution in [0.2, 0.25) is 0 Å². The van der Waals surface area contributed by atoms with E-state index in [9.17, 15) is 4.39 Å². The summed E-state index contributed by atoms with van der Waals surface area (Å²) in [7, 11) is 0. The van der Waals surface area contributed by atoms with Crippen molar-refractivity contribution >= 4 is 5.82 Å². The molecule has 5 rings (SSSR count). The summed E-state index contributed by atoms with van der Waals surface area (Å²) in [5.74, 6) is 1.63. The molecule has 158 valence electrons. The fourth-order valence-electron chi connectivity index (χ4n) is 4.14. The van der Waals surface area contributed by atoms with Crippen LogP contribution in [0.1, 0.15) is 29.7 Å². The molecule has 0 spiro atoms. The first-order valence-electron chi connectivity index (χ1n) is 10.2. The maximum absolute atomic E-state index is 13.2. The van der Waals surface area contributed by atoms with Crippen molar-refractivity contribution in [1.82, 2.24) is 24.3 Å². The molecule has 1 aliphatic heterocycles. The molecule has 0 saturated carbocycles. The lowest BCUT2D eigenvalue weighted by molar-refractivity contribution is 0.228. The molecule has 7 nitrogen and oxygen atoms in total. The lowest BCUT2D eigenvalue weighted by Crippen LogP contribution is -2.12. The van der Waals surface area contributed by atoms with Gasteiger partial charge in [0.05, 0.1) is 25.0 Å². The zero-order valence-corrected chi connectivity index (χ0v) is 17.4. The van der Waals surface area contributed by atoms with Crippen LogP contribution in [0.4, 0.5) is 10.2 Å². The monoisotopic (exact) mass is 418 g/mol. The minimum atomic E-state index is -0.514. The summed E-state index contributed by atoms with van der Waals surface area (Å²) in [5.41, 5.74) is 11.8. The van der Waals surface area contributed by atoms with E-state index in [1.165, 1.54) is 0 Å². The topological polar surface area (TPSA) is 83.8 Å². The molecule has 2 N–H and O–H groups in total. The number of rotatable bonds is 2. The number of halogens is 1. The second-order valence-corrected chi connectivity index (χ2v) is 7.77. The second-order valence-electron chi connectivity index (χ2n) is 7.77. The molecular weight excluding hydrogens is 395 g/mol. The third kappa shape index (κ3) is 3.34. The molecule has 1 unspecified atom stereocenters. The van der Waals surface area contributed by atoms with Crippen LogP contribution >= 0.6 is 0 Å². The van der Waals surface area contributed by atoms with Crippen LogP contribution in [0.15, 0.2) is 49.1 Å². The largest absolute Gasteiger partial charge is 0.482 e. The van der Waals surface area contributed by atoms with Crippen LogP contribution in [0, 0.1) is 6.92 Å². The minimum absolute atomic E-state index is 0.158. The Balaban J connectivity index is 1.77.